The predicted octanol–water partition coefficient (Wildman–Crippen LogP) is 2.29. The van der Waals surface area contributed by atoms with E-state index in [2.05, 4.69) is 11.8 Å². The maximum atomic E-state index is 10.9. The first-order chi connectivity index (χ1) is 5.63. The molecule has 0 spiro atoms. The Kier molecular flexibility index (Phi) is 4.43. The normalized spacial score (nSPS) is 10.2. The number of carboxylic acid groups (broad SMARTS) is 1. The van der Waals surface area contributed by atoms with E-state index >= 15 is 0 Å². The van der Waals surface area contributed by atoms with Gasteiger partial charge in [0.25, 0.3) is 0 Å². The summed E-state index contributed by atoms with van der Waals surface area (Å²) in [6, 6.07) is 0. The number of hydrogen-bond acceptors (Lipinski definition) is 1. The molecule has 0 aliphatic rings. The average Bonchev–Trinajstić information content (AvgIpc) is 2.07. The molecule has 1 N–H and O–H groups in total. The fraction of sp³-hybridized carbons (Fsp3) is 0.700. The molecule has 0 saturated carbocycles. The van der Waals surface area contributed by atoms with E-state index in [1.807, 2.05) is 13.8 Å². The molecule has 0 atom stereocenters. The minimum absolute atomic E-state index is 0.464. The lowest BCUT2D eigenvalue weighted by molar-refractivity contribution is -0.149. The Morgan fingerprint density at radius 1 is 1.42 bits per heavy atom. The van der Waals surface area contributed by atoms with Crippen LogP contribution >= 0.6 is 0 Å². The van der Waals surface area contributed by atoms with E-state index in [1.165, 1.54) is 0 Å². The van der Waals surface area contributed by atoms with Gasteiger partial charge in [0.1, 0.15) is 0 Å². The topological polar surface area (TPSA) is 37.3 Å². The van der Waals surface area contributed by atoms with E-state index in [0.29, 0.717) is 19.3 Å². The van der Waals surface area contributed by atoms with E-state index in [0.717, 1.165) is 0 Å². The summed E-state index contributed by atoms with van der Waals surface area (Å²) in [6.45, 7) is 5.53. The van der Waals surface area contributed by atoms with Crippen LogP contribution in [0.5, 0.6) is 0 Å². The van der Waals surface area contributed by atoms with E-state index in [1.54, 1.807) is 6.92 Å². The quantitative estimate of drug-likeness (QED) is 0.654. The average molecular weight is 168 g/mol. The lowest BCUT2D eigenvalue weighted by Crippen LogP contribution is -2.29. The molecular weight excluding hydrogens is 152 g/mol. The summed E-state index contributed by atoms with van der Waals surface area (Å²) < 4.78 is 0. The Balaban J connectivity index is 4.53. The third kappa shape index (κ3) is 2.27. The fourth-order valence-corrected chi connectivity index (χ4v) is 1.14. The summed E-state index contributed by atoms with van der Waals surface area (Å²) >= 11 is 0. The van der Waals surface area contributed by atoms with Crippen LogP contribution in [0.2, 0.25) is 0 Å². The second-order valence-corrected chi connectivity index (χ2v) is 2.90. The highest BCUT2D eigenvalue weighted by Crippen LogP contribution is 2.30. The predicted molar refractivity (Wildman–Crippen MR) is 48.7 cm³/mol. The van der Waals surface area contributed by atoms with E-state index in [4.69, 9.17) is 5.11 Å². The monoisotopic (exact) mass is 168 g/mol. The van der Waals surface area contributed by atoms with Crippen LogP contribution in [0.25, 0.3) is 0 Å². The first-order valence-corrected chi connectivity index (χ1v) is 4.26. The van der Waals surface area contributed by atoms with Gasteiger partial charge in [0.2, 0.25) is 0 Å². The van der Waals surface area contributed by atoms with Gasteiger partial charge in [-0.05, 0) is 19.8 Å². The molecule has 12 heavy (non-hydrogen) atoms. The Bertz CT molecular complexity index is 204. The molecule has 0 fully saturated rings. The van der Waals surface area contributed by atoms with Crippen molar-refractivity contribution in [3.8, 4) is 11.8 Å². The van der Waals surface area contributed by atoms with Crippen molar-refractivity contribution < 1.29 is 9.90 Å². The maximum absolute atomic E-state index is 10.9. The lowest BCUT2D eigenvalue weighted by Gasteiger charge is -2.23. The van der Waals surface area contributed by atoms with Crippen molar-refractivity contribution in [1.29, 1.82) is 0 Å². The molecule has 0 saturated heterocycles. The van der Waals surface area contributed by atoms with Crippen LogP contribution in [-0.2, 0) is 4.79 Å². The Hall–Kier alpha value is -0.970. The fourth-order valence-electron chi connectivity index (χ4n) is 1.14. The molecule has 0 heterocycles. The first-order valence-electron chi connectivity index (χ1n) is 4.26. The molecule has 0 aliphatic heterocycles. The lowest BCUT2D eigenvalue weighted by atomic mass is 9.79. The van der Waals surface area contributed by atoms with Gasteiger partial charge in [-0.1, -0.05) is 13.8 Å². The van der Waals surface area contributed by atoms with Gasteiger partial charge in [0.05, 0.1) is 5.41 Å². The number of carbonyl (C=O) groups is 1. The number of hydrogen-bond donors (Lipinski definition) is 1. The molecule has 0 unspecified atom stereocenters. The van der Waals surface area contributed by atoms with Gasteiger partial charge >= 0.3 is 5.97 Å². The SMILES string of the molecule is CC#CCC(CC)(CC)C(=O)O. The van der Waals surface area contributed by atoms with Crippen molar-refractivity contribution in [2.45, 2.75) is 40.0 Å². The molecule has 2 nitrogen and oxygen atoms in total. The Morgan fingerprint density at radius 3 is 2.17 bits per heavy atom. The zero-order chi connectivity index (χ0) is 9.61. The van der Waals surface area contributed by atoms with Crippen molar-refractivity contribution in [1.82, 2.24) is 0 Å². The molecule has 0 radical (unpaired) electrons. The molecule has 0 amide bonds. The van der Waals surface area contributed by atoms with Crippen molar-refractivity contribution in [2.75, 3.05) is 0 Å². The third-order valence-electron chi connectivity index (χ3n) is 2.41. The van der Waals surface area contributed by atoms with Gasteiger partial charge in [-0.2, -0.15) is 0 Å². The number of aliphatic carboxylic acids is 1. The van der Waals surface area contributed by atoms with Gasteiger partial charge in [0.15, 0.2) is 0 Å². The van der Waals surface area contributed by atoms with Crippen LogP contribution < -0.4 is 0 Å². The molecule has 0 rings (SSSR count). The van der Waals surface area contributed by atoms with Crippen LogP contribution in [0, 0.1) is 17.3 Å². The summed E-state index contributed by atoms with van der Waals surface area (Å²) in [6.07, 6.45) is 1.76. The van der Waals surface area contributed by atoms with Gasteiger partial charge in [-0.3, -0.25) is 4.79 Å². The van der Waals surface area contributed by atoms with Gasteiger partial charge < -0.3 is 5.11 Å². The summed E-state index contributed by atoms with van der Waals surface area (Å²) in [4.78, 5) is 10.9. The van der Waals surface area contributed by atoms with Crippen LogP contribution in [0.15, 0.2) is 0 Å². The Labute approximate surface area is 74.0 Å². The maximum Gasteiger partial charge on any atom is 0.310 e. The molecule has 0 aromatic heterocycles. The highest BCUT2D eigenvalue weighted by molar-refractivity contribution is 5.74. The number of rotatable bonds is 4. The zero-order valence-electron chi connectivity index (χ0n) is 7.98. The van der Waals surface area contributed by atoms with Crippen molar-refractivity contribution in [3.05, 3.63) is 0 Å². The zero-order valence-corrected chi connectivity index (χ0v) is 7.98. The first kappa shape index (κ1) is 11.0. The minimum atomic E-state index is -0.727. The summed E-state index contributed by atoms with van der Waals surface area (Å²) in [5, 5.41) is 8.98. The van der Waals surface area contributed by atoms with Gasteiger partial charge in [0, 0.05) is 6.42 Å². The molecule has 68 valence electrons. The second-order valence-electron chi connectivity index (χ2n) is 2.90. The number of carboxylic acids is 1. The highest BCUT2D eigenvalue weighted by Gasteiger charge is 2.33. The van der Waals surface area contributed by atoms with Gasteiger partial charge in [-0.15, -0.1) is 11.8 Å². The summed E-state index contributed by atoms with van der Waals surface area (Å²) in [5.74, 6) is 4.85. The molecule has 0 aromatic carbocycles. The molecular formula is C10H16O2. The van der Waals surface area contributed by atoms with Crippen molar-refractivity contribution in [3.63, 3.8) is 0 Å². The standard InChI is InChI=1S/C10H16O2/c1-4-7-8-10(5-2,6-3)9(11)12/h5-6,8H2,1-3H3,(H,11,12). The van der Waals surface area contributed by atoms with E-state index < -0.39 is 11.4 Å². The Morgan fingerprint density at radius 2 is 1.92 bits per heavy atom. The third-order valence-corrected chi connectivity index (χ3v) is 2.41. The van der Waals surface area contributed by atoms with E-state index in [9.17, 15) is 4.79 Å². The molecule has 0 aromatic rings. The summed E-state index contributed by atoms with van der Waals surface area (Å²) in [5.41, 5.74) is -0.622. The minimum Gasteiger partial charge on any atom is -0.481 e. The molecule has 0 aliphatic carbocycles. The molecule has 0 bridgehead atoms. The van der Waals surface area contributed by atoms with Crippen LogP contribution in [0.3, 0.4) is 0 Å². The van der Waals surface area contributed by atoms with Crippen LogP contribution in [0.1, 0.15) is 40.0 Å². The molecule has 2 heteroatoms. The van der Waals surface area contributed by atoms with Crippen LogP contribution in [-0.4, -0.2) is 11.1 Å². The van der Waals surface area contributed by atoms with Gasteiger partial charge in [-0.25, -0.2) is 0 Å². The second kappa shape index (κ2) is 4.82. The van der Waals surface area contributed by atoms with Crippen molar-refractivity contribution >= 4 is 5.97 Å². The highest BCUT2D eigenvalue weighted by atomic mass is 16.4. The smallest absolute Gasteiger partial charge is 0.310 e. The van der Waals surface area contributed by atoms with E-state index in [-0.39, 0.29) is 0 Å². The summed E-state index contributed by atoms with van der Waals surface area (Å²) in [7, 11) is 0. The largest absolute Gasteiger partial charge is 0.481 e. The van der Waals surface area contributed by atoms with Crippen molar-refractivity contribution in [2.24, 2.45) is 5.41 Å². The van der Waals surface area contributed by atoms with Crippen LogP contribution in [0.4, 0.5) is 0 Å².